The van der Waals surface area contributed by atoms with E-state index < -0.39 is 0 Å². The average Bonchev–Trinajstić information content (AvgIpc) is 3.33. The van der Waals surface area contributed by atoms with Gasteiger partial charge in [-0.15, -0.1) is 0 Å². The third kappa shape index (κ3) is 4.21. The van der Waals surface area contributed by atoms with Crippen molar-refractivity contribution in [2.75, 3.05) is 32.8 Å². The summed E-state index contributed by atoms with van der Waals surface area (Å²) in [6, 6.07) is 10.1. The van der Waals surface area contributed by atoms with Crippen LogP contribution in [-0.2, 0) is 0 Å². The highest BCUT2D eigenvalue weighted by Crippen LogP contribution is 2.40. The molecule has 1 aromatic carbocycles. The summed E-state index contributed by atoms with van der Waals surface area (Å²) < 4.78 is 5.80. The van der Waals surface area contributed by atoms with E-state index in [9.17, 15) is 0 Å². The van der Waals surface area contributed by atoms with Crippen LogP contribution < -0.4 is 10.1 Å². The average molecular weight is 288 g/mol. The Morgan fingerprint density at radius 3 is 2.86 bits per heavy atom. The van der Waals surface area contributed by atoms with E-state index in [-0.39, 0.29) is 0 Å². The number of ether oxygens (including phenoxy) is 1. The van der Waals surface area contributed by atoms with Crippen molar-refractivity contribution in [1.29, 1.82) is 0 Å². The third-order valence-corrected chi connectivity index (χ3v) is 4.84. The van der Waals surface area contributed by atoms with E-state index in [4.69, 9.17) is 4.74 Å². The zero-order valence-electron chi connectivity index (χ0n) is 13.2. The van der Waals surface area contributed by atoms with Crippen LogP contribution in [0.15, 0.2) is 30.3 Å². The minimum Gasteiger partial charge on any atom is -0.494 e. The van der Waals surface area contributed by atoms with Crippen molar-refractivity contribution in [3.05, 3.63) is 30.3 Å². The second-order valence-electron chi connectivity index (χ2n) is 6.76. The van der Waals surface area contributed by atoms with E-state index >= 15 is 0 Å². The second-order valence-corrected chi connectivity index (χ2v) is 6.76. The molecule has 116 valence electrons. The fourth-order valence-electron chi connectivity index (χ4n) is 3.46. The van der Waals surface area contributed by atoms with Crippen LogP contribution in [0.25, 0.3) is 0 Å². The Hall–Kier alpha value is -1.06. The summed E-state index contributed by atoms with van der Waals surface area (Å²) in [6.07, 6.45) is 5.19. The topological polar surface area (TPSA) is 24.5 Å². The first kappa shape index (κ1) is 14.9. The number of hydrogen-bond acceptors (Lipinski definition) is 3. The number of hydrogen-bond donors (Lipinski definition) is 1. The van der Waals surface area contributed by atoms with Crippen LogP contribution in [0, 0.1) is 5.92 Å². The van der Waals surface area contributed by atoms with E-state index in [1.807, 2.05) is 30.3 Å². The Kier molecular flexibility index (Phi) is 4.81. The van der Waals surface area contributed by atoms with Crippen molar-refractivity contribution in [1.82, 2.24) is 10.2 Å². The van der Waals surface area contributed by atoms with Crippen LogP contribution in [0.5, 0.6) is 5.75 Å². The van der Waals surface area contributed by atoms with Crippen molar-refractivity contribution < 1.29 is 4.74 Å². The van der Waals surface area contributed by atoms with Crippen molar-refractivity contribution in [3.63, 3.8) is 0 Å². The van der Waals surface area contributed by atoms with Crippen LogP contribution >= 0.6 is 0 Å². The summed E-state index contributed by atoms with van der Waals surface area (Å²) in [5, 5.41) is 3.79. The SMILES string of the molecule is CC1(C2CC2)CN(CCCOc2ccccc2)CCCN1. The summed E-state index contributed by atoms with van der Waals surface area (Å²) in [7, 11) is 0. The van der Waals surface area contributed by atoms with E-state index in [0.717, 1.165) is 31.2 Å². The first-order valence-electron chi connectivity index (χ1n) is 8.41. The molecule has 0 aromatic heterocycles. The largest absolute Gasteiger partial charge is 0.494 e. The first-order valence-corrected chi connectivity index (χ1v) is 8.41. The van der Waals surface area contributed by atoms with Gasteiger partial charge >= 0.3 is 0 Å². The standard InChI is InChI=1S/C18H28N2O/c1-18(16-9-10-16)15-20(12-5-11-19-18)13-6-14-21-17-7-3-2-4-8-17/h2-4,7-8,16,19H,5-6,9-15H2,1H3. The first-order chi connectivity index (χ1) is 10.3. The Morgan fingerprint density at radius 2 is 2.10 bits per heavy atom. The fraction of sp³-hybridized carbons (Fsp3) is 0.667. The predicted molar refractivity (Wildman–Crippen MR) is 86.7 cm³/mol. The molecule has 1 atom stereocenters. The fourth-order valence-corrected chi connectivity index (χ4v) is 3.46. The number of nitrogens with one attached hydrogen (secondary N) is 1. The summed E-state index contributed by atoms with van der Waals surface area (Å²) in [6.45, 7) is 7.97. The number of nitrogens with zero attached hydrogens (tertiary/aromatic N) is 1. The molecule has 1 N–H and O–H groups in total. The lowest BCUT2D eigenvalue weighted by Gasteiger charge is -2.34. The van der Waals surface area contributed by atoms with Gasteiger partial charge in [0.15, 0.2) is 0 Å². The van der Waals surface area contributed by atoms with Crippen molar-refractivity contribution >= 4 is 0 Å². The zero-order chi connectivity index (χ0) is 14.5. The Balaban J connectivity index is 1.41. The molecule has 0 spiro atoms. The molecule has 1 unspecified atom stereocenters. The summed E-state index contributed by atoms with van der Waals surface area (Å²) in [4.78, 5) is 2.63. The molecule has 1 aromatic rings. The summed E-state index contributed by atoms with van der Waals surface area (Å²) in [5.41, 5.74) is 0.344. The molecular weight excluding hydrogens is 260 g/mol. The maximum absolute atomic E-state index is 5.80. The summed E-state index contributed by atoms with van der Waals surface area (Å²) in [5.74, 6) is 1.89. The van der Waals surface area contributed by atoms with Gasteiger partial charge in [-0.3, -0.25) is 0 Å². The zero-order valence-corrected chi connectivity index (χ0v) is 13.2. The molecule has 1 aliphatic heterocycles. The summed E-state index contributed by atoms with van der Waals surface area (Å²) >= 11 is 0. The molecule has 2 fully saturated rings. The molecule has 3 heteroatoms. The van der Waals surface area contributed by atoms with Crippen molar-refractivity contribution in [2.45, 2.75) is 38.1 Å². The van der Waals surface area contributed by atoms with E-state index in [2.05, 4.69) is 17.1 Å². The van der Waals surface area contributed by atoms with Gasteiger partial charge in [0.1, 0.15) is 5.75 Å². The quantitative estimate of drug-likeness (QED) is 0.815. The molecule has 3 nitrogen and oxygen atoms in total. The van der Waals surface area contributed by atoms with Gasteiger partial charge in [0.05, 0.1) is 6.61 Å². The molecule has 1 aliphatic carbocycles. The maximum Gasteiger partial charge on any atom is 0.119 e. The lowest BCUT2D eigenvalue weighted by atomic mass is 9.95. The molecule has 0 bridgehead atoms. The highest BCUT2D eigenvalue weighted by Gasteiger charge is 2.42. The van der Waals surface area contributed by atoms with Crippen molar-refractivity contribution in [3.8, 4) is 5.75 Å². The maximum atomic E-state index is 5.80. The van der Waals surface area contributed by atoms with Gasteiger partial charge in [-0.25, -0.2) is 0 Å². The van der Waals surface area contributed by atoms with Crippen LogP contribution in [0.2, 0.25) is 0 Å². The number of benzene rings is 1. The molecule has 1 saturated heterocycles. The molecule has 0 radical (unpaired) electrons. The molecule has 2 aliphatic rings. The lowest BCUT2D eigenvalue weighted by molar-refractivity contribution is 0.186. The Labute approximate surface area is 128 Å². The highest BCUT2D eigenvalue weighted by molar-refractivity contribution is 5.20. The smallest absolute Gasteiger partial charge is 0.119 e. The second kappa shape index (κ2) is 6.80. The highest BCUT2D eigenvalue weighted by atomic mass is 16.5. The van der Waals surface area contributed by atoms with Gasteiger partial charge in [0, 0.05) is 18.6 Å². The Morgan fingerprint density at radius 1 is 1.29 bits per heavy atom. The van der Waals surface area contributed by atoms with E-state index in [1.54, 1.807) is 0 Å². The molecule has 1 saturated carbocycles. The number of para-hydroxylation sites is 1. The van der Waals surface area contributed by atoms with Crippen LogP contribution in [0.1, 0.15) is 32.6 Å². The normalized spacial score (nSPS) is 27.3. The van der Waals surface area contributed by atoms with Crippen LogP contribution in [-0.4, -0.2) is 43.2 Å². The lowest BCUT2D eigenvalue weighted by Crippen LogP contribution is -2.51. The molecule has 21 heavy (non-hydrogen) atoms. The molecule has 3 rings (SSSR count). The minimum atomic E-state index is 0.344. The van der Waals surface area contributed by atoms with Gasteiger partial charge < -0.3 is 15.0 Å². The van der Waals surface area contributed by atoms with Crippen molar-refractivity contribution in [2.24, 2.45) is 5.92 Å². The van der Waals surface area contributed by atoms with Gasteiger partial charge in [0.25, 0.3) is 0 Å². The minimum absolute atomic E-state index is 0.344. The Bertz CT molecular complexity index is 432. The number of rotatable bonds is 6. The monoisotopic (exact) mass is 288 g/mol. The predicted octanol–water partition coefficient (Wildman–Crippen LogP) is 2.92. The van der Waals surface area contributed by atoms with Gasteiger partial charge in [-0.1, -0.05) is 18.2 Å². The van der Waals surface area contributed by atoms with Crippen LogP contribution in [0.4, 0.5) is 0 Å². The third-order valence-electron chi connectivity index (χ3n) is 4.84. The van der Waals surface area contributed by atoms with Gasteiger partial charge in [0.2, 0.25) is 0 Å². The van der Waals surface area contributed by atoms with Gasteiger partial charge in [-0.05, 0) is 63.7 Å². The molecule has 0 amide bonds. The molecule has 1 heterocycles. The van der Waals surface area contributed by atoms with Crippen LogP contribution in [0.3, 0.4) is 0 Å². The van der Waals surface area contributed by atoms with Gasteiger partial charge in [-0.2, -0.15) is 0 Å². The van der Waals surface area contributed by atoms with E-state index in [0.29, 0.717) is 5.54 Å². The molecular formula is C18H28N2O. The van der Waals surface area contributed by atoms with E-state index in [1.165, 1.54) is 38.9 Å².